The Morgan fingerprint density at radius 2 is 2.22 bits per heavy atom. The lowest BCUT2D eigenvalue weighted by atomic mass is 10.1. The van der Waals surface area contributed by atoms with Crippen LogP contribution in [-0.2, 0) is 7.05 Å². The molecular formula is C12H16N4O2. The first kappa shape index (κ1) is 12.3. The molecule has 0 aromatic carbocycles. The van der Waals surface area contributed by atoms with Crippen LogP contribution >= 0.6 is 0 Å². The first-order valence-corrected chi connectivity index (χ1v) is 5.71. The molecule has 2 heterocycles. The molecular weight excluding hydrogens is 232 g/mol. The lowest BCUT2D eigenvalue weighted by Gasteiger charge is -2.12. The topological polar surface area (TPSA) is 73.0 Å². The fourth-order valence-corrected chi connectivity index (χ4v) is 1.76. The molecule has 2 aromatic rings. The van der Waals surface area contributed by atoms with Gasteiger partial charge in [-0.1, -0.05) is 5.16 Å². The molecule has 0 fully saturated rings. The Labute approximate surface area is 105 Å². The zero-order valence-corrected chi connectivity index (χ0v) is 10.9. The highest BCUT2D eigenvalue weighted by molar-refractivity contribution is 5.91. The zero-order valence-electron chi connectivity index (χ0n) is 10.9. The van der Waals surface area contributed by atoms with Crippen LogP contribution in [-0.4, -0.2) is 20.8 Å². The molecule has 0 radical (unpaired) electrons. The van der Waals surface area contributed by atoms with Crippen LogP contribution in [0.15, 0.2) is 16.8 Å². The van der Waals surface area contributed by atoms with Crippen molar-refractivity contribution in [2.45, 2.75) is 26.8 Å². The largest absolute Gasteiger partial charge is 0.351 e. The molecule has 1 N–H and O–H groups in total. The second kappa shape index (κ2) is 4.64. The van der Waals surface area contributed by atoms with Crippen LogP contribution in [0.4, 0.5) is 0 Å². The van der Waals surface area contributed by atoms with E-state index in [-0.39, 0.29) is 17.7 Å². The van der Waals surface area contributed by atoms with Gasteiger partial charge in [0.05, 0.1) is 17.9 Å². The number of nitrogens with zero attached hydrogens (tertiary/aromatic N) is 3. The van der Waals surface area contributed by atoms with Crippen LogP contribution in [0.2, 0.25) is 0 Å². The molecule has 2 aromatic heterocycles. The number of rotatable bonds is 3. The monoisotopic (exact) mass is 248 g/mol. The van der Waals surface area contributed by atoms with Crippen LogP contribution in [0, 0.1) is 13.8 Å². The van der Waals surface area contributed by atoms with Gasteiger partial charge in [-0.15, -0.1) is 0 Å². The maximum absolute atomic E-state index is 11.9. The normalized spacial score (nSPS) is 12.4. The summed E-state index contributed by atoms with van der Waals surface area (Å²) in [6, 6.07) is 1.48. The van der Waals surface area contributed by atoms with Crippen LogP contribution in [0.1, 0.15) is 40.5 Å². The minimum Gasteiger partial charge on any atom is -0.351 e. The molecule has 2 rings (SSSR count). The van der Waals surface area contributed by atoms with Gasteiger partial charge in [-0.2, -0.15) is 5.10 Å². The average Bonchev–Trinajstić information content (AvgIpc) is 2.87. The number of hydrogen-bond donors (Lipinski definition) is 1. The summed E-state index contributed by atoms with van der Waals surface area (Å²) in [6.07, 6.45) is 1.76. The smallest absolute Gasteiger partial charge is 0.290 e. The number of amides is 1. The first-order valence-electron chi connectivity index (χ1n) is 5.71. The van der Waals surface area contributed by atoms with Crippen LogP contribution in [0.5, 0.6) is 0 Å². The van der Waals surface area contributed by atoms with Crippen molar-refractivity contribution < 1.29 is 9.32 Å². The predicted octanol–water partition coefficient (Wildman–Crippen LogP) is 1.52. The van der Waals surface area contributed by atoms with Crippen molar-refractivity contribution in [1.82, 2.24) is 20.3 Å². The van der Waals surface area contributed by atoms with Crippen molar-refractivity contribution in [1.29, 1.82) is 0 Å². The van der Waals surface area contributed by atoms with Gasteiger partial charge >= 0.3 is 0 Å². The van der Waals surface area contributed by atoms with E-state index in [2.05, 4.69) is 15.6 Å². The van der Waals surface area contributed by atoms with Crippen molar-refractivity contribution in [3.05, 3.63) is 35.0 Å². The molecule has 0 aliphatic carbocycles. The molecule has 0 saturated carbocycles. The van der Waals surface area contributed by atoms with Gasteiger partial charge in [0.1, 0.15) is 0 Å². The van der Waals surface area contributed by atoms with E-state index < -0.39 is 0 Å². The van der Waals surface area contributed by atoms with E-state index in [9.17, 15) is 4.79 Å². The molecule has 6 heteroatoms. The van der Waals surface area contributed by atoms with Gasteiger partial charge in [0.25, 0.3) is 5.91 Å². The second-order valence-electron chi connectivity index (χ2n) is 4.34. The third-order valence-electron chi connectivity index (χ3n) is 2.94. The number of aromatic nitrogens is 3. The molecule has 0 bridgehead atoms. The molecule has 1 atom stereocenters. The fraction of sp³-hybridized carbons (Fsp3) is 0.417. The van der Waals surface area contributed by atoms with Gasteiger partial charge in [-0.3, -0.25) is 9.48 Å². The van der Waals surface area contributed by atoms with E-state index in [1.54, 1.807) is 23.9 Å². The number of carbonyl (C=O) groups is 1. The third kappa shape index (κ3) is 2.27. The molecule has 0 saturated heterocycles. The summed E-state index contributed by atoms with van der Waals surface area (Å²) in [7, 11) is 1.87. The molecule has 18 heavy (non-hydrogen) atoms. The maximum Gasteiger partial charge on any atom is 0.290 e. The minimum absolute atomic E-state index is 0.128. The predicted molar refractivity (Wildman–Crippen MR) is 65.1 cm³/mol. The Hall–Kier alpha value is -2.11. The summed E-state index contributed by atoms with van der Waals surface area (Å²) < 4.78 is 6.69. The van der Waals surface area contributed by atoms with Gasteiger partial charge in [0.2, 0.25) is 5.76 Å². The second-order valence-corrected chi connectivity index (χ2v) is 4.34. The molecule has 0 spiro atoms. The summed E-state index contributed by atoms with van der Waals surface area (Å²) >= 11 is 0. The molecule has 0 aliphatic rings. The van der Waals surface area contributed by atoms with Gasteiger partial charge in [0, 0.05) is 24.4 Å². The van der Waals surface area contributed by atoms with Crippen molar-refractivity contribution in [2.75, 3.05) is 0 Å². The number of nitrogens with one attached hydrogen (secondary N) is 1. The van der Waals surface area contributed by atoms with Gasteiger partial charge in [-0.25, -0.2) is 0 Å². The Morgan fingerprint density at radius 3 is 2.72 bits per heavy atom. The summed E-state index contributed by atoms with van der Waals surface area (Å²) in [5.74, 6) is -0.0488. The van der Waals surface area contributed by atoms with Crippen molar-refractivity contribution in [3.8, 4) is 0 Å². The van der Waals surface area contributed by atoms with E-state index in [1.807, 2.05) is 20.9 Å². The van der Waals surface area contributed by atoms with Gasteiger partial charge in [0.15, 0.2) is 0 Å². The average molecular weight is 248 g/mol. The van der Waals surface area contributed by atoms with Gasteiger partial charge in [-0.05, 0) is 20.8 Å². The quantitative estimate of drug-likeness (QED) is 0.893. The Bertz CT molecular complexity index is 570. The maximum atomic E-state index is 11.9. The van der Waals surface area contributed by atoms with Crippen molar-refractivity contribution in [3.63, 3.8) is 0 Å². The standard InChI is InChI=1S/C12H16N4O2/c1-7-5-11(18-15-7)12(17)14-8(2)10-6-13-16(4)9(10)3/h5-6,8H,1-4H3,(H,14,17)/t8-/m0/s1. The molecule has 6 nitrogen and oxygen atoms in total. The van der Waals surface area contributed by atoms with E-state index in [0.717, 1.165) is 11.3 Å². The highest BCUT2D eigenvalue weighted by Gasteiger charge is 2.18. The van der Waals surface area contributed by atoms with E-state index in [4.69, 9.17) is 4.52 Å². The Kier molecular flexibility index (Phi) is 3.18. The van der Waals surface area contributed by atoms with Crippen molar-refractivity contribution >= 4 is 5.91 Å². The Balaban J connectivity index is 2.10. The van der Waals surface area contributed by atoms with Crippen LogP contribution in [0.3, 0.4) is 0 Å². The number of carbonyl (C=O) groups excluding carboxylic acids is 1. The summed E-state index contributed by atoms with van der Waals surface area (Å²) in [6.45, 7) is 5.64. The lowest BCUT2D eigenvalue weighted by Crippen LogP contribution is -2.26. The minimum atomic E-state index is -0.272. The molecule has 1 amide bonds. The third-order valence-corrected chi connectivity index (χ3v) is 2.94. The van der Waals surface area contributed by atoms with E-state index in [0.29, 0.717) is 5.69 Å². The first-order chi connectivity index (χ1) is 8.49. The van der Waals surface area contributed by atoms with E-state index in [1.165, 1.54) is 0 Å². The van der Waals surface area contributed by atoms with Crippen molar-refractivity contribution in [2.24, 2.45) is 7.05 Å². The molecule has 0 aliphatic heterocycles. The van der Waals surface area contributed by atoms with E-state index >= 15 is 0 Å². The summed E-state index contributed by atoms with van der Waals surface area (Å²) in [5, 5.41) is 10.7. The van der Waals surface area contributed by atoms with Crippen LogP contribution in [0.25, 0.3) is 0 Å². The molecule has 0 unspecified atom stereocenters. The Morgan fingerprint density at radius 1 is 1.50 bits per heavy atom. The molecule has 96 valence electrons. The lowest BCUT2D eigenvalue weighted by molar-refractivity contribution is 0.0902. The summed E-state index contributed by atoms with van der Waals surface area (Å²) in [4.78, 5) is 11.9. The highest BCUT2D eigenvalue weighted by atomic mass is 16.5. The SMILES string of the molecule is Cc1cc(C(=O)N[C@@H](C)c2cnn(C)c2C)on1. The van der Waals surface area contributed by atoms with Gasteiger partial charge < -0.3 is 9.84 Å². The highest BCUT2D eigenvalue weighted by Crippen LogP contribution is 2.16. The van der Waals surface area contributed by atoms with Crippen LogP contribution < -0.4 is 5.32 Å². The number of aryl methyl sites for hydroxylation is 2. The number of hydrogen-bond acceptors (Lipinski definition) is 4. The summed E-state index contributed by atoms with van der Waals surface area (Å²) in [5.41, 5.74) is 2.70. The fourth-order valence-electron chi connectivity index (χ4n) is 1.76. The zero-order chi connectivity index (χ0) is 13.3.